The Morgan fingerprint density at radius 2 is 2.00 bits per heavy atom. The lowest BCUT2D eigenvalue weighted by Gasteiger charge is -2.27. The number of ether oxygens (including phenoxy) is 2. The van der Waals surface area contributed by atoms with Crippen LogP contribution in [0, 0.1) is 0 Å². The summed E-state index contributed by atoms with van der Waals surface area (Å²) >= 11 is 0. The minimum absolute atomic E-state index is 0.817. The predicted molar refractivity (Wildman–Crippen MR) is 96.5 cm³/mol. The molecule has 1 unspecified atom stereocenters. The molecule has 22 heavy (non-hydrogen) atoms. The Balaban J connectivity index is 1.85. The molecule has 1 aliphatic heterocycles. The van der Waals surface area contributed by atoms with Gasteiger partial charge in [0.2, 0.25) is 0 Å². The average Bonchev–Trinajstić information content (AvgIpc) is 2.59. The number of rotatable bonds is 9. The van der Waals surface area contributed by atoms with E-state index in [1.807, 2.05) is 6.08 Å². The van der Waals surface area contributed by atoms with Gasteiger partial charge >= 0.3 is 0 Å². The van der Waals surface area contributed by atoms with E-state index in [0.717, 1.165) is 39.1 Å². The maximum Gasteiger partial charge on any atom is 0.100 e. The van der Waals surface area contributed by atoms with Crippen LogP contribution in [0.25, 0.3) is 6.08 Å². The molecule has 0 amide bonds. The summed E-state index contributed by atoms with van der Waals surface area (Å²) in [4.78, 5) is 2.52. The lowest BCUT2D eigenvalue weighted by molar-refractivity contribution is 0.0379. The Bertz CT molecular complexity index is 429. The van der Waals surface area contributed by atoms with E-state index in [4.69, 9.17) is 9.47 Å². The Hall–Kier alpha value is -0.943. The van der Waals surface area contributed by atoms with E-state index >= 15 is 0 Å². The van der Waals surface area contributed by atoms with E-state index in [0.29, 0.717) is 0 Å². The third kappa shape index (κ3) is 5.69. The van der Waals surface area contributed by atoms with Crippen molar-refractivity contribution in [3.05, 3.63) is 36.4 Å². The molecule has 1 atom stereocenters. The molecule has 4 heteroatoms. The standard InChI is InChI=1S/C18H29NO2Si/c1-3-17-6-8-18(9-7-17)22(16-20-4-2)15-5-10-19-11-13-21-14-12-19/h3,6-9,22H,1,4-5,10-16H2,2H3. The predicted octanol–water partition coefficient (Wildman–Crippen LogP) is 2.06. The molecule has 0 aromatic heterocycles. The van der Waals surface area contributed by atoms with Crippen molar-refractivity contribution in [3.8, 4) is 0 Å². The minimum atomic E-state index is -1.03. The maximum absolute atomic E-state index is 5.76. The van der Waals surface area contributed by atoms with E-state index in [2.05, 4.69) is 42.7 Å². The van der Waals surface area contributed by atoms with Gasteiger partial charge in [0.1, 0.15) is 8.80 Å². The first kappa shape index (κ1) is 17.4. The topological polar surface area (TPSA) is 21.7 Å². The summed E-state index contributed by atoms with van der Waals surface area (Å²) < 4.78 is 11.2. The molecule has 1 aromatic rings. The molecule has 1 aliphatic rings. The third-order valence-corrected chi connectivity index (χ3v) is 7.37. The van der Waals surface area contributed by atoms with Crippen molar-refractivity contribution < 1.29 is 9.47 Å². The summed E-state index contributed by atoms with van der Waals surface area (Å²) in [6.45, 7) is 11.9. The fraction of sp³-hybridized carbons (Fsp3) is 0.556. The molecule has 3 nitrogen and oxygen atoms in total. The van der Waals surface area contributed by atoms with Gasteiger partial charge in [-0.15, -0.1) is 0 Å². The van der Waals surface area contributed by atoms with Crippen molar-refractivity contribution in [2.24, 2.45) is 0 Å². The van der Waals surface area contributed by atoms with E-state index in [-0.39, 0.29) is 0 Å². The first-order chi connectivity index (χ1) is 10.8. The third-order valence-electron chi connectivity index (χ3n) is 4.30. The second-order valence-electron chi connectivity index (χ2n) is 5.82. The van der Waals surface area contributed by atoms with Gasteiger partial charge < -0.3 is 9.47 Å². The van der Waals surface area contributed by atoms with E-state index < -0.39 is 8.80 Å². The lowest BCUT2D eigenvalue weighted by atomic mass is 10.2. The SMILES string of the molecule is C=Cc1ccc([SiH](CCCN2CCOCC2)COCC)cc1. The highest BCUT2D eigenvalue weighted by Crippen LogP contribution is 2.06. The zero-order valence-electron chi connectivity index (χ0n) is 13.8. The number of nitrogens with zero attached hydrogens (tertiary/aromatic N) is 1. The molecule has 1 heterocycles. The van der Waals surface area contributed by atoms with E-state index in [9.17, 15) is 0 Å². The van der Waals surface area contributed by atoms with E-state index in [1.54, 1.807) is 0 Å². The van der Waals surface area contributed by atoms with Crippen LogP contribution in [0.1, 0.15) is 18.9 Å². The van der Waals surface area contributed by atoms with Gasteiger partial charge in [0.05, 0.1) is 13.2 Å². The quantitative estimate of drug-likeness (QED) is 0.650. The fourth-order valence-electron chi connectivity index (χ4n) is 2.90. The number of benzene rings is 1. The van der Waals surface area contributed by atoms with Gasteiger partial charge in [-0.3, -0.25) is 4.90 Å². The summed E-state index contributed by atoms with van der Waals surface area (Å²) in [6, 6.07) is 10.2. The highest BCUT2D eigenvalue weighted by atomic mass is 28.3. The van der Waals surface area contributed by atoms with Gasteiger partial charge in [-0.2, -0.15) is 0 Å². The van der Waals surface area contributed by atoms with Gasteiger partial charge in [0, 0.05) is 25.9 Å². The van der Waals surface area contributed by atoms with Crippen LogP contribution >= 0.6 is 0 Å². The van der Waals surface area contributed by atoms with Gasteiger partial charge in [0.25, 0.3) is 0 Å². The Morgan fingerprint density at radius 1 is 1.27 bits per heavy atom. The number of hydrogen-bond donors (Lipinski definition) is 0. The van der Waals surface area contributed by atoms with Crippen molar-refractivity contribution in [2.75, 3.05) is 45.7 Å². The van der Waals surface area contributed by atoms with Gasteiger partial charge in [-0.25, -0.2) is 0 Å². The zero-order chi connectivity index (χ0) is 15.6. The van der Waals surface area contributed by atoms with Crippen LogP contribution < -0.4 is 5.19 Å². The smallest absolute Gasteiger partial charge is 0.100 e. The summed E-state index contributed by atoms with van der Waals surface area (Å²) in [5.74, 6) is 0. The lowest BCUT2D eigenvalue weighted by Crippen LogP contribution is -2.39. The molecule has 1 fully saturated rings. The molecule has 0 radical (unpaired) electrons. The largest absolute Gasteiger partial charge is 0.385 e. The normalized spacial score (nSPS) is 17.3. The highest BCUT2D eigenvalue weighted by Gasteiger charge is 2.15. The molecule has 0 N–H and O–H groups in total. The van der Waals surface area contributed by atoms with E-state index in [1.165, 1.54) is 29.8 Å². The van der Waals surface area contributed by atoms with Crippen LogP contribution in [0.2, 0.25) is 6.04 Å². The molecule has 0 saturated carbocycles. The van der Waals surface area contributed by atoms with Gasteiger partial charge in [-0.1, -0.05) is 48.2 Å². The summed E-state index contributed by atoms with van der Waals surface area (Å²) in [5, 5.41) is 1.51. The van der Waals surface area contributed by atoms with Crippen LogP contribution in [-0.2, 0) is 9.47 Å². The summed E-state index contributed by atoms with van der Waals surface area (Å²) in [6.07, 6.45) is 4.13. The molecule has 1 saturated heterocycles. The molecule has 1 aromatic carbocycles. The summed E-state index contributed by atoms with van der Waals surface area (Å²) in [7, 11) is -1.03. The van der Waals surface area contributed by atoms with Crippen LogP contribution in [0.15, 0.2) is 30.8 Å². The monoisotopic (exact) mass is 319 g/mol. The second kappa shape index (κ2) is 9.95. The first-order valence-corrected chi connectivity index (χ1v) is 10.6. The van der Waals surface area contributed by atoms with Crippen molar-refractivity contribution in [2.45, 2.75) is 19.4 Å². The number of morpholine rings is 1. The maximum atomic E-state index is 5.76. The Morgan fingerprint density at radius 3 is 2.64 bits per heavy atom. The number of hydrogen-bond acceptors (Lipinski definition) is 3. The second-order valence-corrected chi connectivity index (χ2v) is 8.79. The molecule has 122 valence electrons. The minimum Gasteiger partial charge on any atom is -0.385 e. The average molecular weight is 320 g/mol. The Labute approximate surface area is 136 Å². The Kier molecular flexibility index (Phi) is 7.87. The van der Waals surface area contributed by atoms with Crippen molar-refractivity contribution >= 4 is 20.1 Å². The van der Waals surface area contributed by atoms with Crippen molar-refractivity contribution in [3.63, 3.8) is 0 Å². The highest BCUT2D eigenvalue weighted by molar-refractivity contribution is 6.73. The molecule has 0 aliphatic carbocycles. The van der Waals surface area contributed by atoms with Gasteiger partial charge in [0.15, 0.2) is 0 Å². The molecule has 0 spiro atoms. The fourth-order valence-corrected chi connectivity index (χ4v) is 5.52. The van der Waals surface area contributed by atoms with Crippen molar-refractivity contribution in [1.29, 1.82) is 0 Å². The van der Waals surface area contributed by atoms with Crippen LogP contribution in [-0.4, -0.2) is 59.4 Å². The molecule has 2 rings (SSSR count). The van der Waals surface area contributed by atoms with Gasteiger partial charge in [-0.05, 0) is 25.5 Å². The summed E-state index contributed by atoms with van der Waals surface area (Å²) in [5.41, 5.74) is 1.20. The van der Waals surface area contributed by atoms with Crippen LogP contribution in [0.5, 0.6) is 0 Å². The van der Waals surface area contributed by atoms with Crippen LogP contribution in [0.4, 0.5) is 0 Å². The molecule has 0 bridgehead atoms. The molecular weight excluding hydrogens is 290 g/mol. The zero-order valence-corrected chi connectivity index (χ0v) is 15.0. The van der Waals surface area contributed by atoms with Crippen LogP contribution in [0.3, 0.4) is 0 Å². The first-order valence-electron chi connectivity index (χ1n) is 8.43. The molecular formula is C18H29NO2Si. The van der Waals surface area contributed by atoms with Crippen molar-refractivity contribution in [1.82, 2.24) is 4.90 Å².